The molecule has 2 nitrogen and oxygen atoms in total. The van der Waals surface area contributed by atoms with Crippen molar-refractivity contribution in [2.24, 2.45) is 5.92 Å². The van der Waals surface area contributed by atoms with Crippen LogP contribution in [0.2, 0.25) is 0 Å². The van der Waals surface area contributed by atoms with Crippen molar-refractivity contribution in [2.45, 2.75) is 39.8 Å². The van der Waals surface area contributed by atoms with Crippen LogP contribution in [0.5, 0.6) is 0 Å². The van der Waals surface area contributed by atoms with E-state index < -0.39 is 6.17 Å². The molecule has 72 valence electrons. The Kier molecular flexibility index (Phi) is 5.68. The first kappa shape index (κ1) is 11.4. The minimum absolute atomic E-state index is 0.0660. The van der Waals surface area contributed by atoms with Gasteiger partial charge in [-0.1, -0.05) is 13.8 Å². The molecule has 0 N–H and O–H groups in total. The molecule has 0 heterocycles. The van der Waals surface area contributed by atoms with Gasteiger partial charge in [-0.15, -0.1) is 0 Å². The molecule has 0 aromatic rings. The maximum atomic E-state index is 12.3. The van der Waals surface area contributed by atoms with E-state index in [9.17, 15) is 9.18 Å². The van der Waals surface area contributed by atoms with E-state index in [0.29, 0.717) is 0 Å². The van der Waals surface area contributed by atoms with Gasteiger partial charge in [-0.25, -0.2) is 4.39 Å². The molecular weight excluding hydrogens is 159 g/mol. The topological polar surface area (TPSA) is 26.3 Å². The monoisotopic (exact) mass is 176 g/mol. The molecule has 0 saturated heterocycles. The minimum atomic E-state index is -1.07. The Labute approximate surface area is 73.1 Å². The lowest BCUT2D eigenvalue weighted by Gasteiger charge is -2.11. The van der Waals surface area contributed by atoms with Gasteiger partial charge in [0.25, 0.3) is 0 Å². The van der Waals surface area contributed by atoms with Crippen LogP contribution in [-0.2, 0) is 9.53 Å². The summed E-state index contributed by atoms with van der Waals surface area (Å²) in [5.74, 6) is -0.340. The number of alkyl halides is 1. The second kappa shape index (κ2) is 5.98. The Morgan fingerprint density at radius 1 is 1.42 bits per heavy atom. The lowest BCUT2D eigenvalue weighted by atomic mass is 10.0. The summed E-state index contributed by atoms with van der Waals surface area (Å²) in [6, 6.07) is 0. The average molecular weight is 176 g/mol. The lowest BCUT2D eigenvalue weighted by molar-refractivity contribution is -0.150. The van der Waals surface area contributed by atoms with E-state index in [1.165, 1.54) is 6.92 Å². The minimum Gasteiger partial charge on any atom is -0.462 e. The average Bonchev–Trinajstić information content (AvgIpc) is 2.03. The van der Waals surface area contributed by atoms with Crippen LogP contribution in [-0.4, -0.2) is 18.7 Å². The summed E-state index contributed by atoms with van der Waals surface area (Å²) in [6.07, 6.45) is 0.453. The van der Waals surface area contributed by atoms with Crippen LogP contribution in [0, 0.1) is 5.92 Å². The highest BCUT2D eigenvalue weighted by molar-refractivity contribution is 5.72. The van der Waals surface area contributed by atoms with Crippen molar-refractivity contribution in [3.63, 3.8) is 0 Å². The van der Waals surface area contributed by atoms with E-state index in [1.807, 2.05) is 13.8 Å². The summed E-state index contributed by atoms with van der Waals surface area (Å²) in [5.41, 5.74) is 0. The molecule has 0 aliphatic rings. The van der Waals surface area contributed by atoms with Crippen LogP contribution in [0.4, 0.5) is 4.39 Å². The Hall–Kier alpha value is -0.600. The first-order chi connectivity index (χ1) is 5.61. The van der Waals surface area contributed by atoms with Crippen molar-refractivity contribution >= 4 is 5.97 Å². The Morgan fingerprint density at radius 3 is 2.25 bits per heavy atom. The summed E-state index contributed by atoms with van der Waals surface area (Å²) < 4.78 is 17.0. The molecule has 0 radical (unpaired) electrons. The van der Waals surface area contributed by atoms with Gasteiger partial charge in [-0.2, -0.15) is 0 Å². The van der Waals surface area contributed by atoms with Crippen molar-refractivity contribution in [1.82, 2.24) is 0 Å². The van der Waals surface area contributed by atoms with Crippen LogP contribution in [0.3, 0.4) is 0 Å². The van der Waals surface area contributed by atoms with E-state index in [2.05, 4.69) is 0 Å². The lowest BCUT2D eigenvalue weighted by Crippen LogP contribution is -2.19. The first-order valence-corrected chi connectivity index (χ1v) is 4.42. The van der Waals surface area contributed by atoms with Crippen LogP contribution < -0.4 is 0 Å². The van der Waals surface area contributed by atoms with Crippen molar-refractivity contribution in [3.8, 4) is 0 Å². The maximum absolute atomic E-state index is 12.3. The van der Waals surface area contributed by atoms with Gasteiger partial charge in [0.1, 0.15) is 12.8 Å². The number of ether oxygens (including phenoxy) is 1. The molecule has 0 spiro atoms. The van der Waals surface area contributed by atoms with Crippen LogP contribution >= 0.6 is 0 Å². The summed E-state index contributed by atoms with van der Waals surface area (Å²) in [7, 11) is 0. The highest BCUT2D eigenvalue weighted by Gasteiger charge is 2.16. The fourth-order valence-corrected chi connectivity index (χ4v) is 0.937. The predicted octanol–water partition coefficient (Wildman–Crippen LogP) is 2.32. The molecule has 0 amide bonds. The molecule has 0 rings (SSSR count). The second-order valence-corrected chi connectivity index (χ2v) is 2.92. The molecule has 12 heavy (non-hydrogen) atoms. The molecule has 0 fully saturated rings. The van der Waals surface area contributed by atoms with Gasteiger partial charge in [-0.3, -0.25) is 4.79 Å². The third-order valence-corrected chi connectivity index (χ3v) is 1.77. The molecule has 0 aliphatic carbocycles. The van der Waals surface area contributed by atoms with Gasteiger partial charge in [0, 0.05) is 0 Å². The van der Waals surface area contributed by atoms with E-state index in [-0.39, 0.29) is 18.5 Å². The zero-order valence-electron chi connectivity index (χ0n) is 7.97. The number of rotatable bonds is 5. The van der Waals surface area contributed by atoms with Gasteiger partial charge in [0.2, 0.25) is 0 Å². The largest absolute Gasteiger partial charge is 0.462 e. The van der Waals surface area contributed by atoms with Crippen LogP contribution in [0.25, 0.3) is 0 Å². The van der Waals surface area contributed by atoms with Crippen molar-refractivity contribution in [1.29, 1.82) is 0 Å². The smallest absolute Gasteiger partial charge is 0.309 e. The maximum Gasteiger partial charge on any atom is 0.309 e. The molecule has 1 atom stereocenters. The molecule has 0 saturated carbocycles. The van der Waals surface area contributed by atoms with E-state index in [0.717, 1.165) is 12.8 Å². The van der Waals surface area contributed by atoms with Gasteiger partial charge in [-0.05, 0) is 19.8 Å². The molecule has 0 bridgehead atoms. The van der Waals surface area contributed by atoms with Gasteiger partial charge >= 0.3 is 5.97 Å². The van der Waals surface area contributed by atoms with E-state index in [4.69, 9.17) is 4.74 Å². The highest BCUT2D eigenvalue weighted by atomic mass is 19.1. The third kappa shape index (κ3) is 4.31. The standard InChI is InChI=1S/C9H17FO2/c1-4-8(5-2)9(11)12-6-7(3)10/h7-8H,4-6H2,1-3H3. The molecule has 0 aromatic heterocycles. The molecule has 3 heteroatoms. The molecular formula is C9H17FO2. The molecule has 0 aromatic carbocycles. The SMILES string of the molecule is CCC(CC)C(=O)OCC(C)F. The fraction of sp³-hybridized carbons (Fsp3) is 0.889. The van der Waals surface area contributed by atoms with Crippen molar-refractivity contribution in [3.05, 3.63) is 0 Å². The third-order valence-electron chi connectivity index (χ3n) is 1.77. The summed E-state index contributed by atoms with van der Waals surface area (Å²) >= 11 is 0. The van der Waals surface area contributed by atoms with Crippen LogP contribution in [0.1, 0.15) is 33.6 Å². The van der Waals surface area contributed by atoms with Gasteiger partial charge < -0.3 is 4.74 Å². The van der Waals surface area contributed by atoms with E-state index in [1.54, 1.807) is 0 Å². The summed E-state index contributed by atoms with van der Waals surface area (Å²) in [4.78, 5) is 11.1. The number of esters is 1. The first-order valence-electron chi connectivity index (χ1n) is 4.42. The number of hydrogen-bond acceptors (Lipinski definition) is 2. The zero-order chi connectivity index (χ0) is 9.56. The zero-order valence-corrected chi connectivity index (χ0v) is 7.97. The second-order valence-electron chi connectivity index (χ2n) is 2.92. The van der Waals surface area contributed by atoms with Crippen molar-refractivity contribution in [2.75, 3.05) is 6.61 Å². The van der Waals surface area contributed by atoms with Crippen molar-refractivity contribution < 1.29 is 13.9 Å². The number of halogens is 1. The predicted molar refractivity (Wildman–Crippen MR) is 45.6 cm³/mol. The number of hydrogen-bond donors (Lipinski definition) is 0. The number of carbonyl (C=O) groups is 1. The van der Waals surface area contributed by atoms with E-state index >= 15 is 0 Å². The quantitative estimate of drug-likeness (QED) is 0.601. The summed E-state index contributed by atoms with van der Waals surface area (Å²) in [6.45, 7) is 5.11. The van der Waals surface area contributed by atoms with Gasteiger partial charge in [0.05, 0.1) is 5.92 Å². The number of carbonyl (C=O) groups excluding carboxylic acids is 1. The fourth-order valence-electron chi connectivity index (χ4n) is 0.937. The molecule has 0 aliphatic heterocycles. The highest BCUT2D eigenvalue weighted by Crippen LogP contribution is 2.09. The van der Waals surface area contributed by atoms with Gasteiger partial charge in [0.15, 0.2) is 0 Å². The molecule has 1 unspecified atom stereocenters. The normalized spacial score (nSPS) is 13.1. The van der Waals surface area contributed by atoms with Crippen LogP contribution in [0.15, 0.2) is 0 Å². The Bertz CT molecular complexity index is 130. The Balaban J connectivity index is 3.69. The Morgan fingerprint density at radius 2 is 1.92 bits per heavy atom. The summed E-state index contributed by atoms with van der Waals surface area (Å²) in [5, 5.41) is 0.